The lowest BCUT2D eigenvalue weighted by Crippen LogP contribution is -2.19. The van der Waals surface area contributed by atoms with Crippen LogP contribution in [0.4, 0.5) is 11.5 Å². The molecule has 0 unspecified atom stereocenters. The number of hydrogen-bond donors (Lipinski definition) is 2. The number of methoxy groups -OCH3 is 1. The minimum Gasteiger partial charge on any atom is -0.495 e. The van der Waals surface area contributed by atoms with Crippen molar-refractivity contribution in [2.75, 3.05) is 17.7 Å². The average molecular weight is 361 g/mol. The van der Waals surface area contributed by atoms with E-state index < -0.39 is 0 Å². The quantitative estimate of drug-likeness (QED) is 0.841. The number of benzene rings is 1. The summed E-state index contributed by atoms with van der Waals surface area (Å²) in [7, 11) is 1.54. The van der Waals surface area contributed by atoms with Crippen molar-refractivity contribution in [3.8, 4) is 5.75 Å². The fourth-order valence-corrected chi connectivity index (χ4v) is 3.17. The van der Waals surface area contributed by atoms with E-state index in [0.717, 1.165) is 12.8 Å². The maximum absolute atomic E-state index is 12.6. The molecule has 2 N–H and O–H groups in total. The Bertz CT molecular complexity index is 776. The van der Waals surface area contributed by atoms with Gasteiger partial charge in [0.1, 0.15) is 23.1 Å². The topological polar surface area (TPSA) is 76.1 Å². The maximum atomic E-state index is 12.6. The van der Waals surface area contributed by atoms with Crippen LogP contribution in [0.2, 0.25) is 5.02 Å². The van der Waals surface area contributed by atoms with Gasteiger partial charge in [-0.25, -0.2) is 9.97 Å². The van der Waals surface area contributed by atoms with E-state index >= 15 is 0 Å². The molecule has 2 aromatic rings. The van der Waals surface area contributed by atoms with Crippen LogP contribution in [0.25, 0.3) is 0 Å². The molecule has 0 atom stereocenters. The van der Waals surface area contributed by atoms with E-state index in [1.165, 1.54) is 20.0 Å². The second-order valence-corrected chi connectivity index (χ2v) is 6.55. The fraction of sp³-hybridized carbons (Fsp3) is 0.389. The number of aromatic nitrogens is 2. The van der Waals surface area contributed by atoms with Gasteiger partial charge >= 0.3 is 0 Å². The summed E-state index contributed by atoms with van der Waals surface area (Å²) in [6.45, 7) is 1.77. The molecular weight excluding hydrogens is 340 g/mol. The molecule has 0 radical (unpaired) electrons. The van der Waals surface area contributed by atoms with Crippen LogP contribution in [0.15, 0.2) is 24.3 Å². The first kappa shape index (κ1) is 17.5. The number of hydrogen-bond acceptors (Lipinski definition) is 5. The summed E-state index contributed by atoms with van der Waals surface area (Å²) in [5.74, 6) is 1.43. The molecule has 7 heteroatoms. The van der Waals surface area contributed by atoms with Crippen LogP contribution < -0.4 is 15.4 Å². The lowest BCUT2D eigenvalue weighted by atomic mass is 10.2. The number of aryl methyl sites for hydroxylation is 1. The van der Waals surface area contributed by atoms with E-state index in [1.807, 2.05) is 0 Å². The molecule has 1 saturated carbocycles. The number of rotatable bonds is 5. The lowest BCUT2D eigenvalue weighted by molar-refractivity contribution is 0.102. The molecule has 1 amide bonds. The van der Waals surface area contributed by atoms with Crippen molar-refractivity contribution in [2.45, 2.75) is 38.6 Å². The summed E-state index contributed by atoms with van der Waals surface area (Å²) in [6.07, 6.45) is 4.71. The standard InChI is InChI=1S/C18H21ClN4O2/c1-11-20-15(10-17(21-11)22-13-5-3-4-6-13)18(24)23-14-9-12(19)7-8-16(14)25-2/h7-10,13H,3-6H2,1-2H3,(H,23,24)(H,20,21,22). The molecule has 1 heterocycles. The van der Waals surface area contributed by atoms with Gasteiger partial charge in [0.15, 0.2) is 0 Å². The van der Waals surface area contributed by atoms with E-state index in [0.29, 0.717) is 39.8 Å². The van der Waals surface area contributed by atoms with Gasteiger partial charge in [0.05, 0.1) is 12.8 Å². The molecule has 0 spiro atoms. The Morgan fingerprint density at radius 1 is 1.24 bits per heavy atom. The van der Waals surface area contributed by atoms with Crippen molar-refractivity contribution < 1.29 is 9.53 Å². The van der Waals surface area contributed by atoms with Gasteiger partial charge in [-0.3, -0.25) is 4.79 Å². The molecule has 132 valence electrons. The largest absolute Gasteiger partial charge is 0.495 e. The van der Waals surface area contributed by atoms with Crippen LogP contribution in [0, 0.1) is 6.92 Å². The number of nitrogens with zero attached hydrogens (tertiary/aromatic N) is 2. The lowest BCUT2D eigenvalue weighted by Gasteiger charge is -2.14. The third-order valence-electron chi connectivity index (χ3n) is 4.19. The van der Waals surface area contributed by atoms with Gasteiger partial charge in [-0.2, -0.15) is 0 Å². The molecule has 25 heavy (non-hydrogen) atoms. The van der Waals surface area contributed by atoms with Gasteiger partial charge in [-0.1, -0.05) is 24.4 Å². The number of anilines is 2. The van der Waals surface area contributed by atoms with Gasteiger partial charge in [0.25, 0.3) is 5.91 Å². The van der Waals surface area contributed by atoms with Crippen LogP contribution in [0.5, 0.6) is 5.75 Å². The van der Waals surface area contributed by atoms with Crippen molar-refractivity contribution in [1.82, 2.24) is 9.97 Å². The predicted molar refractivity (Wildman–Crippen MR) is 98.6 cm³/mol. The molecule has 3 rings (SSSR count). The summed E-state index contributed by atoms with van der Waals surface area (Å²) in [5, 5.41) is 6.71. The summed E-state index contributed by atoms with van der Waals surface area (Å²) in [5.41, 5.74) is 0.802. The highest BCUT2D eigenvalue weighted by Gasteiger charge is 2.18. The molecular formula is C18H21ClN4O2. The fourth-order valence-electron chi connectivity index (χ4n) is 3.00. The summed E-state index contributed by atoms with van der Waals surface area (Å²) in [4.78, 5) is 21.2. The Labute approximate surface area is 152 Å². The molecule has 1 aliphatic rings. The number of carbonyl (C=O) groups is 1. The molecule has 6 nitrogen and oxygen atoms in total. The first-order valence-corrected chi connectivity index (χ1v) is 8.70. The van der Waals surface area contributed by atoms with E-state index in [1.54, 1.807) is 31.2 Å². The highest BCUT2D eigenvalue weighted by atomic mass is 35.5. The summed E-state index contributed by atoms with van der Waals surface area (Å²) in [6, 6.07) is 7.14. The normalized spacial score (nSPS) is 14.4. The van der Waals surface area contributed by atoms with Gasteiger partial charge in [-0.05, 0) is 38.0 Å². The second-order valence-electron chi connectivity index (χ2n) is 6.11. The maximum Gasteiger partial charge on any atom is 0.274 e. The van der Waals surface area contributed by atoms with Gasteiger partial charge in [0, 0.05) is 17.1 Å². The van der Waals surface area contributed by atoms with Gasteiger partial charge in [0.2, 0.25) is 0 Å². The monoisotopic (exact) mass is 360 g/mol. The molecule has 1 fully saturated rings. The molecule has 0 bridgehead atoms. The highest BCUT2D eigenvalue weighted by molar-refractivity contribution is 6.31. The van der Waals surface area contributed by atoms with Crippen LogP contribution in [-0.4, -0.2) is 29.0 Å². The minimum absolute atomic E-state index is 0.301. The number of nitrogens with one attached hydrogen (secondary N) is 2. The molecule has 0 saturated heterocycles. The Morgan fingerprint density at radius 2 is 2.00 bits per heavy atom. The number of halogens is 1. The number of amides is 1. The van der Waals surface area contributed by atoms with E-state index in [4.69, 9.17) is 16.3 Å². The highest BCUT2D eigenvalue weighted by Crippen LogP contribution is 2.28. The van der Waals surface area contributed by atoms with E-state index in [9.17, 15) is 4.79 Å². The molecule has 1 aliphatic carbocycles. The zero-order valence-corrected chi connectivity index (χ0v) is 15.1. The first-order chi connectivity index (χ1) is 12.0. The summed E-state index contributed by atoms with van der Waals surface area (Å²) >= 11 is 6.01. The van der Waals surface area contributed by atoms with E-state index in [-0.39, 0.29) is 5.91 Å². The molecule has 1 aromatic heterocycles. The molecule has 0 aliphatic heterocycles. The van der Waals surface area contributed by atoms with Crippen LogP contribution in [0.1, 0.15) is 42.0 Å². The second kappa shape index (κ2) is 7.70. The van der Waals surface area contributed by atoms with Crippen molar-refractivity contribution in [1.29, 1.82) is 0 Å². The Hall–Kier alpha value is -2.34. The van der Waals surface area contributed by atoms with E-state index in [2.05, 4.69) is 20.6 Å². The van der Waals surface area contributed by atoms with Crippen LogP contribution in [0.3, 0.4) is 0 Å². The predicted octanol–water partition coefficient (Wildman–Crippen LogP) is 4.05. The van der Waals surface area contributed by atoms with Crippen molar-refractivity contribution in [3.05, 3.63) is 40.8 Å². The SMILES string of the molecule is COc1ccc(Cl)cc1NC(=O)c1cc(NC2CCCC2)nc(C)n1. The Balaban J connectivity index is 1.79. The smallest absolute Gasteiger partial charge is 0.274 e. The minimum atomic E-state index is -0.333. The van der Waals surface area contributed by atoms with Gasteiger partial charge in [-0.15, -0.1) is 0 Å². The zero-order valence-electron chi connectivity index (χ0n) is 14.3. The Morgan fingerprint density at radius 3 is 2.72 bits per heavy atom. The third kappa shape index (κ3) is 4.39. The number of carbonyl (C=O) groups excluding carboxylic acids is 1. The van der Waals surface area contributed by atoms with Crippen molar-refractivity contribution >= 4 is 29.0 Å². The average Bonchev–Trinajstić information content (AvgIpc) is 3.07. The van der Waals surface area contributed by atoms with Crippen molar-refractivity contribution in [3.63, 3.8) is 0 Å². The third-order valence-corrected chi connectivity index (χ3v) is 4.42. The van der Waals surface area contributed by atoms with Crippen LogP contribution >= 0.6 is 11.6 Å². The number of ether oxygens (including phenoxy) is 1. The summed E-state index contributed by atoms with van der Waals surface area (Å²) < 4.78 is 5.25. The first-order valence-electron chi connectivity index (χ1n) is 8.32. The Kier molecular flexibility index (Phi) is 5.38. The zero-order chi connectivity index (χ0) is 17.8. The van der Waals surface area contributed by atoms with Crippen molar-refractivity contribution in [2.24, 2.45) is 0 Å². The van der Waals surface area contributed by atoms with Crippen LogP contribution in [-0.2, 0) is 0 Å². The van der Waals surface area contributed by atoms with Gasteiger partial charge < -0.3 is 15.4 Å². The molecule has 1 aromatic carbocycles.